The molecule has 0 atom stereocenters. The van der Waals surface area contributed by atoms with Crippen molar-refractivity contribution in [2.45, 2.75) is 45.1 Å². The summed E-state index contributed by atoms with van der Waals surface area (Å²) in [4.78, 5) is 49.4. The number of ether oxygens (including phenoxy) is 3. The van der Waals surface area contributed by atoms with Gasteiger partial charge in [-0.3, -0.25) is 14.2 Å². The molecule has 1 fully saturated rings. The number of benzene rings is 1. The van der Waals surface area contributed by atoms with E-state index in [-0.39, 0.29) is 57.4 Å². The molecular formula is C28H31Cl2F3N6O6. The standard InChI is InChI=1S/C28H31Cl2F3N6O6/c1-27(2,3)45-26(42)37-12-15(13-37)38(24(41)28(31,32)33)7-8-39-22-14(11-35-25(34-4)36-22)9-16(23(39)40)19-20(29)17(43-5)10-18(44-6)21(19)30/h9-11,15H,7-8,12-13H2,1-6H3,(H,34,35,36). The quantitative estimate of drug-likeness (QED) is 0.357. The van der Waals surface area contributed by atoms with E-state index in [0.29, 0.717) is 10.3 Å². The number of amides is 2. The number of fused-ring (bicyclic) bond motifs is 1. The van der Waals surface area contributed by atoms with Crippen LogP contribution in [0.1, 0.15) is 20.8 Å². The molecule has 0 saturated carbocycles. The second kappa shape index (κ2) is 12.8. The van der Waals surface area contributed by atoms with E-state index >= 15 is 0 Å². The molecule has 0 aliphatic carbocycles. The van der Waals surface area contributed by atoms with E-state index in [2.05, 4.69) is 15.3 Å². The van der Waals surface area contributed by atoms with Crippen LogP contribution in [-0.4, -0.2) is 95.1 Å². The van der Waals surface area contributed by atoms with Gasteiger partial charge in [0, 0.05) is 56.4 Å². The van der Waals surface area contributed by atoms with Crippen LogP contribution < -0.4 is 20.3 Å². The van der Waals surface area contributed by atoms with Gasteiger partial charge in [-0.2, -0.15) is 18.2 Å². The SMILES string of the molecule is CNc1ncc2cc(-c3c(Cl)c(OC)cc(OC)c3Cl)c(=O)n(CCN(C(=O)C(F)(F)F)C3CN(C(=O)OC(C)(C)C)C3)c2n1. The number of pyridine rings is 1. The van der Waals surface area contributed by atoms with Gasteiger partial charge in [-0.05, 0) is 26.8 Å². The number of aromatic nitrogens is 3. The zero-order valence-electron chi connectivity index (χ0n) is 25.2. The van der Waals surface area contributed by atoms with Gasteiger partial charge in [0.15, 0.2) is 0 Å². The number of nitrogens with zero attached hydrogens (tertiary/aromatic N) is 5. The summed E-state index contributed by atoms with van der Waals surface area (Å²) in [6.07, 6.45) is -4.51. The molecule has 244 valence electrons. The average Bonchev–Trinajstić information content (AvgIpc) is 2.93. The van der Waals surface area contributed by atoms with Crippen LogP contribution >= 0.6 is 23.2 Å². The number of nitrogens with one attached hydrogen (secondary N) is 1. The van der Waals surface area contributed by atoms with Crippen molar-refractivity contribution in [3.8, 4) is 22.6 Å². The molecule has 2 aromatic heterocycles. The maximum absolute atomic E-state index is 14.1. The minimum absolute atomic E-state index is 0.00959. The van der Waals surface area contributed by atoms with Crippen LogP contribution in [0.5, 0.6) is 11.5 Å². The zero-order valence-corrected chi connectivity index (χ0v) is 26.7. The summed E-state index contributed by atoms with van der Waals surface area (Å²) in [6.45, 7) is 3.63. The Bertz CT molecular complexity index is 1660. The molecule has 2 amide bonds. The fourth-order valence-corrected chi connectivity index (χ4v) is 5.44. The smallest absolute Gasteiger partial charge is 0.471 e. The van der Waals surface area contributed by atoms with Crippen molar-refractivity contribution in [2.24, 2.45) is 0 Å². The number of alkyl halides is 3. The molecule has 17 heteroatoms. The van der Waals surface area contributed by atoms with Crippen LogP contribution in [0.2, 0.25) is 10.0 Å². The van der Waals surface area contributed by atoms with Gasteiger partial charge in [-0.1, -0.05) is 23.2 Å². The third-order valence-corrected chi connectivity index (χ3v) is 7.67. The minimum atomic E-state index is -5.21. The average molecular weight is 675 g/mol. The van der Waals surface area contributed by atoms with E-state index < -0.39 is 48.5 Å². The molecule has 1 aliphatic rings. The van der Waals surface area contributed by atoms with Gasteiger partial charge < -0.3 is 29.3 Å². The highest BCUT2D eigenvalue weighted by molar-refractivity contribution is 6.41. The number of rotatable bonds is 8. The van der Waals surface area contributed by atoms with E-state index in [9.17, 15) is 27.6 Å². The van der Waals surface area contributed by atoms with Crippen LogP contribution in [0.4, 0.5) is 23.9 Å². The van der Waals surface area contributed by atoms with Crippen LogP contribution in [0.3, 0.4) is 0 Å². The molecular weight excluding hydrogens is 644 g/mol. The van der Waals surface area contributed by atoms with Crippen molar-refractivity contribution in [1.29, 1.82) is 0 Å². The Morgan fingerprint density at radius 1 is 1.09 bits per heavy atom. The van der Waals surface area contributed by atoms with Crippen molar-refractivity contribution in [3.63, 3.8) is 0 Å². The Hall–Kier alpha value is -3.98. The first-order valence-electron chi connectivity index (χ1n) is 13.5. The molecule has 0 spiro atoms. The second-order valence-corrected chi connectivity index (χ2v) is 11.8. The lowest BCUT2D eigenvalue weighted by Gasteiger charge is -2.45. The fourth-order valence-electron chi connectivity index (χ4n) is 4.74. The summed E-state index contributed by atoms with van der Waals surface area (Å²) < 4.78 is 58.2. The predicted octanol–water partition coefficient (Wildman–Crippen LogP) is 4.83. The van der Waals surface area contributed by atoms with Gasteiger partial charge in [-0.15, -0.1) is 0 Å². The molecule has 0 unspecified atom stereocenters. The Balaban J connectivity index is 1.79. The third-order valence-electron chi connectivity index (χ3n) is 6.92. The minimum Gasteiger partial charge on any atom is -0.495 e. The molecule has 3 heterocycles. The third kappa shape index (κ3) is 6.98. The van der Waals surface area contributed by atoms with Gasteiger partial charge in [0.25, 0.3) is 5.56 Å². The molecule has 1 saturated heterocycles. The highest BCUT2D eigenvalue weighted by Crippen LogP contribution is 2.45. The van der Waals surface area contributed by atoms with Gasteiger partial charge >= 0.3 is 18.2 Å². The van der Waals surface area contributed by atoms with E-state index in [0.717, 1.165) is 4.57 Å². The number of hydrogen-bond acceptors (Lipinski definition) is 9. The van der Waals surface area contributed by atoms with E-state index in [4.69, 9.17) is 37.4 Å². The Morgan fingerprint density at radius 2 is 1.69 bits per heavy atom. The molecule has 3 aromatic rings. The van der Waals surface area contributed by atoms with Gasteiger partial charge in [-0.25, -0.2) is 9.78 Å². The normalized spacial score (nSPS) is 13.8. The molecule has 0 radical (unpaired) electrons. The lowest BCUT2D eigenvalue weighted by molar-refractivity contribution is -0.190. The summed E-state index contributed by atoms with van der Waals surface area (Å²) >= 11 is 13.2. The van der Waals surface area contributed by atoms with Crippen LogP contribution in [-0.2, 0) is 16.1 Å². The van der Waals surface area contributed by atoms with Crippen molar-refractivity contribution in [1.82, 2.24) is 24.3 Å². The first-order valence-corrected chi connectivity index (χ1v) is 14.3. The molecule has 1 N–H and O–H groups in total. The first-order chi connectivity index (χ1) is 21.0. The predicted molar refractivity (Wildman–Crippen MR) is 161 cm³/mol. The number of carbonyl (C=O) groups is 2. The topological polar surface area (TPSA) is 128 Å². The second-order valence-electron chi connectivity index (χ2n) is 11.1. The van der Waals surface area contributed by atoms with Crippen molar-refractivity contribution in [3.05, 3.63) is 38.7 Å². The van der Waals surface area contributed by atoms with E-state index in [1.54, 1.807) is 27.8 Å². The highest BCUT2D eigenvalue weighted by atomic mass is 35.5. The number of anilines is 1. The number of methoxy groups -OCH3 is 2. The molecule has 12 nitrogen and oxygen atoms in total. The maximum atomic E-state index is 14.1. The summed E-state index contributed by atoms with van der Waals surface area (Å²) in [7, 11) is 4.28. The maximum Gasteiger partial charge on any atom is 0.471 e. The number of likely N-dealkylation sites (tertiary alicyclic amines) is 1. The van der Waals surface area contributed by atoms with Gasteiger partial charge in [0.1, 0.15) is 22.7 Å². The number of hydrogen-bond donors (Lipinski definition) is 1. The van der Waals surface area contributed by atoms with Crippen molar-refractivity contribution in [2.75, 3.05) is 46.2 Å². The molecule has 4 rings (SSSR count). The van der Waals surface area contributed by atoms with E-state index in [1.165, 1.54) is 37.4 Å². The van der Waals surface area contributed by atoms with Crippen LogP contribution in [0.25, 0.3) is 22.2 Å². The summed E-state index contributed by atoms with van der Waals surface area (Å²) in [6, 6.07) is 1.91. The zero-order chi connectivity index (χ0) is 33.4. The highest BCUT2D eigenvalue weighted by Gasteiger charge is 2.48. The molecule has 45 heavy (non-hydrogen) atoms. The monoisotopic (exact) mass is 674 g/mol. The number of halogens is 5. The Morgan fingerprint density at radius 3 is 2.20 bits per heavy atom. The Kier molecular flexibility index (Phi) is 9.64. The first kappa shape index (κ1) is 33.9. The Labute approximate surface area is 266 Å². The van der Waals surface area contributed by atoms with Crippen molar-refractivity contribution >= 4 is 52.2 Å². The van der Waals surface area contributed by atoms with E-state index in [1.807, 2.05) is 0 Å². The van der Waals surface area contributed by atoms with Crippen LogP contribution in [0.15, 0.2) is 23.1 Å². The molecule has 1 aromatic carbocycles. The van der Waals surface area contributed by atoms with Gasteiger partial charge in [0.2, 0.25) is 5.95 Å². The molecule has 1 aliphatic heterocycles. The summed E-state index contributed by atoms with van der Waals surface area (Å²) in [5, 5.41) is 3.06. The molecule has 0 bridgehead atoms. The largest absolute Gasteiger partial charge is 0.495 e. The van der Waals surface area contributed by atoms with Gasteiger partial charge in [0.05, 0.1) is 35.9 Å². The fraction of sp³-hybridized carbons (Fsp3) is 0.464. The summed E-state index contributed by atoms with van der Waals surface area (Å²) in [5.41, 5.74) is -1.44. The van der Waals surface area contributed by atoms with Crippen molar-refractivity contribution < 1.29 is 37.0 Å². The lowest BCUT2D eigenvalue weighted by Crippen LogP contribution is -2.64. The lowest BCUT2D eigenvalue weighted by atomic mass is 10.0. The summed E-state index contributed by atoms with van der Waals surface area (Å²) in [5.74, 6) is -1.67. The number of carbonyl (C=O) groups excluding carboxylic acids is 2. The van der Waals surface area contributed by atoms with Crippen LogP contribution in [0, 0.1) is 0 Å².